The largest absolute Gasteiger partial charge is 0.324 e. The molecule has 20 heavy (non-hydrogen) atoms. The molecule has 7 nitrogen and oxygen atoms in total. The number of anilines is 1. The van der Waals surface area contributed by atoms with Crippen LogP contribution in [0.2, 0.25) is 5.02 Å². The summed E-state index contributed by atoms with van der Waals surface area (Å²) in [6.07, 6.45) is 2.29. The number of nitrogens with zero attached hydrogens (tertiary/aromatic N) is 3. The Morgan fingerprint density at radius 1 is 1.55 bits per heavy atom. The molecule has 0 spiro atoms. The van der Waals surface area contributed by atoms with E-state index in [-0.39, 0.29) is 18.1 Å². The van der Waals surface area contributed by atoms with Gasteiger partial charge < -0.3 is 5.32 Å². The lowest BCUT2D eigenvalue weighted by molar-refractivity contribution is -0.385. The van der Waals surface area contributed by atoms with Gasteiger partial charge in [0.25, 0.3) is 0 Å². The number of nitrogens with one attached hydrogen (secondary N) is 1. The van der Waals surface area contributed by atoms with Gasteiger partial charge in [-0.3, -0.25) is 19.6 Å². The number of aryl methyl sites for hydroxylation is 1. The topological polar surface area (TPSA) is 90.1 Å². The third-order valence-corrected chi connectivity index (χ3v) is 2.84. The number of carbonyl (C=O) groups excluding carboxylic acids is 1. The maximum Gasteiger partial charge on any atom is 0.307 e. The van der Waals surface area contributed by atoms with Gasteiger partial charge in [-0.2, -0.15) is 5.10 Å². The van der Waals surface area contributed by atoms with E-state index in [2.05, 4.69) is 10.4 Å². The summed E-state index contributed by atoms with van der Waals surface area (Å²) in [6, 6.07) is 5.15. The fourth-order valence-corrected chi connectivity index (χ4v) is 1.77. The first kappa shape index (κ1) is 14.0. The zero-order chi connectivity index (χ0) is 14.7. The number of amides is 1. The highest BCUT2D eigenvalue weighted by atomic mass is 35.5. The number of nitro groups is 1. The standard InChI is InChI=1S/C12H11ClN4O3/c1-8-2-3-9(13)4-11(8)15-12(18)7-16-6-10(5-14-16)17(19)20/h2-6H,7H2,1H3,(H,15,18). The Kier molecular flexibility index (Phi) is 3.99. The van der Waals surface area contributed by atoms with Crippen LogP contribution >= 0.6 is 11.6 Å². The summed E-state index contributed by atoms with van der Waals surface area (Å²) in [7, 11) is 0. The molecule has 0 unspecified atom stereocenters. The number of rotatable bonds is 4. The minimum atomic E-state index is -0.567. The van der Waals surface area contributed by atoms with Crippen molar-refractivity contribution < 1.29 is 9.72 Å². The molecule has 0 aliphatic rings. The van der Waals surface area contributed by atoms with E-state index in [0.717, 1.165) is 11.8 Å². The van der Waals surface area contributed by atoms with Gasteiger partial charge in [-0.15, -0.1) is 0 Å². The number of halogens is 1. The quantitative estimate of drug-likeness (QED) is 0.692. The van der Waals surface area contributed by atoms with Gasteiger partial charge in [-0.05, 0) is 24.6 Å². The molecule has 1 aromatic heterocycles. The van der Waals surface area contributed by atoms with E-state index in [0.29, 0.717) is 10.7 Å². The van der Waals surface area contributed by atoms with E-state index < -0.39 is 4.92 Å². The van der Waals surface area contributed by atoms with Crippen molar-refractivity contribution in [3.05, 3.63) is 51.3 Å². The lowest BCUT2D eigenvalue weighted by atomic mass is 10.2. The number of benzene rings is 1. The highest BCUT2D eigenvalue weighted by Crippen LogP contribution is 2.20. The molecule has 2 aromatic rings. The van der Waals surface area contributed by atoms with Gasteiger partial charge >= 0.3 is 5.69 Å². The minimum absolute atomic E-state index is 0.111. The Bertz CT molecular complexity index is 668. The van der Waals surface area contributed by atoms with Crippen LogP contribution in [0.1, 0.15) is 5.56 Å². The minimum Gasteiger partial charge on any atom is -0.324 e. The van der Waals surface area contributed by atoms with Gasteiger partial charge in [0.05, 0.1) is 4.92 Å². The molecular weight excluding hydrogens is 284 g/mol. The van der Waals surface area contributed by atoms with E-state index in [9.17, 15) is 14.9 Å². The summed E-state index contributed by atoms with van der Waals surface area (Å²) in [5.41, 5.74) is 1.31. The molecule has 1 heterocycles. The van der Waals surface area contributed by atoms with Crippen LogP contribution < -0.4 is 5.32 Å². The van der Waals surface area contributed by atoms with E-state index in [1.807, 2.05) is 6.92 Å². The number of hydrogen-bond donors (Lipinski definition) is 1. The monoisotopic (exact) mass is 294 g/mol. The second-order valence-electron chi connectivity index (χ2n) is 4.16. The molecule has 0 radical (unpaired) electrons. The van der Waals surface area contributed by atoms with Crippen molar-refractivity contribution in [2.75, 3.05) is 5.32 Å². The predicted molar refractivity (Wildman–Crippen MR) is 73.7 cm³/mol. The summed E-state index contributed by atoms with van der Waals surface area (Å²) < 4.78 is 1.20. The van der Waals surface area contributed by atoms with Crippen LogP contribution in [-0.2, 0) is 11.3 Å². The van der Waals surface area contributed by atoms with Crippen molar-refractivity contribution >= 4 is 28.9 Å². The zero-order valence-corrected chi connectivity index (χ0v) is 11.3. The van der Waals surface area contributed by atoms with E-state index in [4.69, 9.17) is 11.6 Å². The van der Waals surface area contributed by atoms with E-state index >= 15 is 0 Å². The molecule has 0 saturated carbocycles. The van der Waals surface area contributed by atoms with E-state index in [1.54, 1.807) is 18.2 Å². The Balaban J connectivity index is 2.05. The maximum atomic E-state index is 11.8. The SMILES string of the molecule is Cc1ccc(Cl)cc1NC(=O)Cn1cc([N+](=O)[O-])cn1. The normalized spacial score (nSPS) is 10.3. The number of hydrogen-bond acceptors (Lipinski definition) is 4. The summed E-state index contributed by atoms with van der Waals surface area (Å²) >= 11 is 5.85. The van der Waals surface area contributed by atoms with Crippen LogP contribution in [0.3, 0.4) is 0 Å². The first-order valence-corrected chi connectivity index (χ1v) is 6.06. The smallest absolute Gasteiger partial charge is 0.307 e. The van der Waals surface area contributed by atoms with Gasteiger partial charge in [0.2, 0.25) is 5.91 Å². The lowest BCUT2D eigenvalue weighted by Gasteiger charge is -2.08. The molecule has 2 rings (SSSR count). The van der Waals surface area contributed by atoms with Crippen LogP contribution in [0, 0.1) is 17.0 Å². The first-order valence-electron chi connectivity index (χ1n) is 5.68. The van der Waals surface area contributed by atoms with Gasteiger partial charge in [0.15, 0.2) is 0 Å². The third-order valence-electron chi connectivity index (χ3n) is 2.61. The molecule has 0 atom stereocenters. The van der Waals surface area contributed by atoms with Crippen molar-refractivity contribution in [2.24, 2.45) is 0 Å². The molecule has 104 valence electrons. The molecule has 0 saturated heterocycles. The van der Waals surface area contributed by atoms with Crippen LogP contribution in [0.25, 0.3) is 0 Å². The zero-order valence-electron chi connectivity index (χ0n) is 10.5. The van der Waals surface area contributed by atoms with E-state index in [1.165, 1.54) is 10.9 Å². The molecule has 0 bridgehead atoms. The summed E-state index contributed by atoms with van der Waals surface area (Å²) in [5.74, 6) is -0.339. The highest BCUT2D eigenvalue weighted by molar-refractivity contribution is 6.31. The average molecular weight is 295 g/mol. The fraction of sp³-hybridized carbons (Fsp3) is 0.167. The Morgan fingerprint density at radius 2 is 2.30 bits per heavy atom. The maximum absolute atomic E-state index is 11.8. The molecule has 0 aliphatic heterocycles. The van der Waals surface area contributed by atoms with Crippen molar-refractivity contribution in [3.8, 4) is 0 Å². The molecule has 1 aromatic carbocycles. The van der Waals surface area contributed by atoms with Crippen LogP contribution in [0.5, 0.6) is 0 Å². The van der Waals surface area contributed by atoms with Crippen LogP contribution in [-0.4, -0.2) is 20.6 Å². The molecule has 1 N–H and O–H groups in total. The summed E-state index contributed by atoms with van der Waals surface area (Å²) in [6.45, 7) is 1.73. The lowest BCUT2D eigenvalue weighted by Crippen LogP contribution is -2.19. The second kappa shape index (κ2) is 5.70. The molecular formula is C12H11ClN4O3. The van der Waals surface area contributed by atoms with Crippen molar-refractivity contribution in [3.63, 3.8) is 0 Å². The molecule has 0 fully saturated rings. The molecule has 8 heteroatoms. The number of carbonyl (C=O) groups is 1. The van der Waals surface area contributed by atoms with Gasteiger partial charge in [0, 0.05) is 10.7 Å². The molecule has 0 aliphatic carbocycles. The van der Waals surface area contributed by atoms with Crippen LogP contribution in [0.4, 0.5) is 11.4 Å². The van der Waals surface area contributed by atoms with Crippen molar-refractivity contribution in [1.29, 1.82) is 0 Å². The summed E-state index contributed by atoms with van der Waals surface area (Å²) in [4.78, 5) is 21.8. The highest BCUT2D eigenvalue weighted by Gasteiger charge is 2.12. The van der Waals surface area contributed by atoms with Crippen molar-refractivity contribution in [2.45, 2.75) is 13.5 Å². The third kappa shape index (κ3) is 3.33. The first-order chi connectivity index (χ1) is 9.45. The summed E-state index contributed by atoms with van der Waals surface area (Å²) in [5, 5.41) is 17.5. The second-order valence-corrected chi connectivity index (χ2v) is 4.60. The molecule has 1 amide bonds. The predicted octanol–water partition coefficient (Wildman–Crippen LogP) is 2.39. The average Bonchev–Trinajstić information content (AvgIpc) is 2.82. The van der Waals surface area contributed by atoms with Gasteiger partial charge in [-0.1, -0.05) is 17.7 Å². The van der Waals surface area contributed by atoms with Gasteiger partial charge in [0.1, 0.15) is 18.9 Å². The Hall–Kier alpha value is -2.41. The van der Waals surface area contributed by atoms with Gasteiger partial charge in [-0.25, -0.2) is 0 Å². The van der Waals surface area contributed by atoms with Crippen LogP contribution in [0.15, 0.2) is 30.6 Å². The fourth-order valence-electron chi connectivity index (χ4n) is 1.60. The Labute approximate surface area is 119 Å². The van der Waals surface area contributed by atoms with Crippen molar-refractivity contribution in [1.82, 2.24) is 9.78 Å². The Morgan fingerprint density at radius 3 is 2.95 bits per heavy atom. The number of aromatic nitrogens is 2.